The minimum Gasteiger partial charge on any atom is -0.379 e. The lowest BCUT2D eigenvalue weighted by molar-refractivity contribution is 0.0342. The van der Waals surface area contributed by atoms with Gasteiger partial charge in [0.15, 0.2) is 5.96 Å². The van der Waals surface area contributed by atoms with Gasteiger partial charge in [0, 0.05) is 39.8 Å². The van der Waals surface area contributed by atoms with Crippen LogP contribution in [-0.2, 0) is 17.8 Å². The van der Waals surface area contributed by atoms with E-state index in [9.17, 15) is 0 Å². The van der Waals surface area contributed by atoms with E-state index in [-0.39, 0.29) is 0 Å². The highest BCUT2D eigenvalue weighted by Gasteiger charge is 2.10. The van der Waals surface area contributed by atoms with Gasteiger partial charge in [-0.05, 0) is 17.5 Å². The van der Waals surface area contributed by atoms with Gasteiger partial charge in [-0.25, -0.2) is 0 Å². The first-order chi connectivity index (χ1) is 11.3. The normalized spacial score (nSPS) is 16.3. The Hall–Kier alpha value is -1.59. The van der Waals surface area contributed by atoms with Crippen molar-refractivity contribution in [2.45, 2.75) is 32.9 Å². The van der Waals surface area contributed by atoms with Crippen LogP contribution in [-0.4, -0.2) is 50.8 Å². The molecule has 1 aliphatic rings. The fourth-order valence-electron chi connectivity index (χ4n) is 2.65. The zero-order valence-corrected chi connectivity index (χ0v) is 14.5. The van der Waals surface area contributed by atoms with E-state index >= 15 is 0 Å². The van der Waals surface area contributed by atoms with Gasteiger partial charge in [-0.15, -0.1) is 0 Å². The highest BCUT2D eigenvalue weighted by molar-refractivity contribution is 5.79. The molecule has 0 unspecified atom stereocenters. The Labute approximate surface area is 140 Å². The fourth-order valence-corrected chi connectivity index (χ4v) is 2.65. The second-order valence-corrected chi connectivity index (χ2v) is 5.91. The smallest absolute Gasteiger partial charge is 0.191 e. The van der Waals surface area contributed by atoms with Gasteiger partial charge in [0.05, 0.1) is 13.2 Å². The van der Waals surface area contributed by atoms with Crippen molar-refractivity contribution >= 4 is 5.96 Å². The number of benzene rings is 1. The molecule has 1 saturated heterocycles. The Balaban J connectivity index is 1.81. The number of guanidine groups is 1. The lowest BCUT2D eigenvalue weighted by Gasteiger charge is -2.26. The van der Waals surface area contributed by atoms with Gasteiger partial charge >= 0.3 is 0 Å². The average molecular weight is 318 g/mol. The lowest BCUT2D eigenvalue weighted by Crippen LogP contribution is -2.37. The van der Waals surface area contributed by atoms with Crippen molar-refractivity contribution < 1.29 is 4.74 Å². The molecule has 1 heterocycles. The van der Waals surface area contributed by atoms with Crippen LogP contribution in [0.1, 0.15) is 30.9 Å². The molecular weight excluding hydrogens is 288 g/mol. The lowest BCUT2D eigenvalue weighted by atomic mass is 10.1. The Morgan fingerprint density at radius 1 is 1.22 bits per heavy atom. The van der Waals surface area contributed by atoms with Gasteiger partial charge in [-0.1, -0.05) is 37.6 Å². The minimum absolute atomic E-state index is 0.794. The van der Waals surface area contributed by atoms with Crippen molar-refractivity contribution in [3.8, 4) is 0 Å². The number of unbranched alkanes of at least 4 members (excludes halogenated alkanes) is 1. The van der Waals surface area contributed by atoms with Crippen molar-refractivity contribution in [3.05, 3.63) is 35.4 Å². The first-order valence-corrected chi connectivity index (χ1v) is 8.64. The fraction of sp³-hybridized carbons (Fsp3) is 0.611. The van der Waals surface area contributed by atoms with Crippen LogP contribution >= 0.6 is 0 Å². The van der Waals surface area contributed by atoms with Crippen LogP contribution in [0.4, 0.5) is 0 Å². The molecule has 0 atom stereocenters. The molecule has 0 spiro atoms. The molecule has 23 heavy (non-hydrogen) atoms. The van der Waals surface area contributed by atoms with Gasteiger partial charge in [-0.3, -0.25) is 9.89 Å². The van der Waals surface area contributed by atoms with E-state index in [1.807, 2.05) is 7.05 Å². The Morgan fingerprint density at radius 3 is 2.74 bits per heavy atom. The second kappa shape index (κ2) is 10.2. The number of rotatable bonds is 7. The molecule has 1 aliphatic heterocycles. The highest BCUT2D eigenvalue weighted by Crippen LogP contribution is 2.10. The number of ether oxygens (including phenoxy) is 1. The van der Waals surface area contributed by atoms with Crippen LogP contribution in [0.2, 0.25) is 0 Å². The summed E-state index contributed by atoms with van der Waals surface area (Å²) in [6.45, 7) is 8.70. The van der Waals surface area contributed by atoms with Crippen LogP contribution in [0.25, 0.3) is 0 Å². The SMILES string of the molecule is CCCCNC(=NC)NCc1cccc(CN2CCOCC2)c1. The van der Waals surface area contributed by atoms with Crippen molar-refractivity contribution in [1.29, 1.82) is 0 Å². The second-order valence-electron chi connectivity index (χ2n) is 5.91. The molecule has 5 nitrogen and oxygen atoms in total. The number of hydrogen-bond donors (Lipinski definition) is 2. The predicted octanol–water partition coefficient (Wildman–Crippen LogP) is 1.98. The maximum absolute atomic E-state index is 5.41. The van der Waals surface area contributed by atoms with Crippen LogP contribution < -0.4 is 10.6 Å². The standard InChI is InChI=1S/C18H30N4O/c1-3-4-8-20-18(19-2)21-14-16-6-5-7-17(13-16)15-22-9-11-23-12-10-22/h5-7,13H,3-4,8-12,14-15H2,1-2H3,(H2,19,20,21). The first kappa shape index (κ1) is 17.8. The summed E-state index contributed by atoms with van der Waals surface area (Å²) in [5, 5.41) is 6.72. The molecule has 1 aromatic carbocycles. The molecule has 1 aromatic rings. The van der Waals surface area contributed by atoms with E-state index in [0.29, 0.717) is 0 Å². The van der Waals surface area contributed by atoms with E-state index in [0.717, 1.165) is 58.3 Å². The molecule has 0 saturated carbocycles. The number of morpholine rings is 1. The van der Waals surface area contributed by atoms with Gasteiger partial charge in [0.25, 0.3) is 0 Å². The molecule has 5 heteroatoms. The van der Waals surface area contributed by atoms with Crippen molar-refractivity contribution in [2.75, 3.05) is 39.9 Å². The van der Waals surface area contributed by atoms with Crippen molar-refractivity contribution in [3.63, 3.8) is 0 Å². The van der Waals surface area contributed by atoms with Crippen molar-refractivity contribution in [1.82, 2.24) is 15.5 Å². The predicted molar refractivity (Wildman–Crippen MR) is 95.6 cm³/mol. The molecule has 0 radical (unpaired) electrons. The summed E-state index contributed by atoms with van der Waals surface area (Å²) >= 11 is 0. The Kier molecular flexibility index (Phi) is 7.90. The van der Waals surface area contributed by atoms with Gasteiger partial charge in [-0.2, -0.15) is 0 Å². The molecule has 0 amide bonds. The molecule has 128 valence electrons. The van der Waals surface area contributed by atoms with E-state index in [1.54, 1.807) is 0 Å². The third-order valence-corrected chi connectivity index (χ3v) is 4.01. The molecule has 0 bridgehead atoms. The van der Waals surface area contributed by atoms with Crippen LogP contribution in [0.15, 0.2) is 29.3 Å². The minimum atomic E-state index is 0.794. The molecule has 1 fully saturated rings. The van der Waals surface area contributed by atoms with E-state index in [2.05, 4.69) is 51.7 Å². The Morgan fingerprint density at radius 2 is 2.00 bits per heavy atom. The maximum atomic E-state index is 5.41. The maximum Gasteiger partial charge on any atom is 0.191 e. The highest BCUT2D eigenvalue weighted by atomic mass is 16.5. The van der Waals surface area contributed by atoms with E-state index in [4.69, 9.17) is 4.74 Å². The monoisotopic (exact) mass is 318 g/mol. The quantitative estimate of drug-likeness (QED) is 0.458. The van der Waals surface area contributed by atoms with Crippen LogP contribution in [0.3, 0.4) is 0 Å². The van der Waals surface area contributed by atoms with Crippen LogP contribution in [0, 0.1) is 0 Å². The Bertz CT molecular complexity index is 484. The third-order valence-electron chi connectivity index (χ3n) is 4.01. The number of nitrogens with zero attached hydrogens (tertiary/aromatic N) is 2. The summed E-state index contributed by atoms with van der Waals surface area (Å²) in [7, 11) is 1.82. The number of aliphatic imine (C=N–C) groups is 1. The summed E-state index contributed by atoms with van der Waals surface area (Å²) in [4.78, 5) is 6.71. The topological polar surface area (TPSA) is 48.9 Å². The average Bonchev–Trinajstić information content (AvgIpc) is 2.59. The summed E-state index contributed by atoms with van der Waals surface area (Å²) in [5.41, 5.74) is 2.65. The largest absolute Gasteiger partial charge is 0.379 e. The zero-order chi connectivity index (χ0) is 16.3. The van der Waals surface area contributed by atoms with E-state index < -0.39 is 0 Å². The molecule has 0 aliphatic carbocycles. The summed E-state index contributed by atoms with van der Waals surface area (Å²) in [5.74, 6) is 0.872. The molecular formula is C18H30N4O. The van der Waals surface area contributed by atoms with E-state index in [1.165, 1.54) is 17.5 Å². The molecule has 0 aromatic heterocycles. The first-order valence-electron chi connectivity index (χ1n) is 8.64. The van der Waals surface area contributed by atoms with Gasteiger partial charge < -0.3 is 15.4 Å². The van der Waals surface area contributed by atoms with Crippen molar-refractivity contribution in [2.24, 2.45) is 4.99 Å². The van der Waals surface area contributed by atoms with Gasteiger partial charge in [0.2, 0.25) is 0 Å². The van der Waals surface area contributed by atoms with Crippen LogP contribution in [0.5, 0.6) is 0 Å². The summed E-state index contributed by atoms with van der Waals surface area (Å²) in [6, 6.07) is 8.78. The summed E-state index contributed by atoms with van der Waals surface area (Å²) in [6.07, 6.45) is 2.35. The zero-order valence-electron chi connectivity index (χ0n) is 14.5. The van der Waals surface area contributed by atoms with Gasteiger partial charge in [0.1, 0.15) is 0 Å². The molecule has 2 N–H and O–H groups in total. The third kappa shape index (κ3) is 6.59. The number of nitrogens with one attached hydrogen (secondary N) is 2. The number of hydrogen-bond acceptors (Lipinski definition) is 3. The summed E-state index contributed by atoms with van der Waals surface area (Å²) < 4.78 is 5.41. The molecule has 2 rings (SSSR count).